The van der Waals surface area contributed by atoms with Crippen molar-refractivity contribution >= 4 is 0 Å². The van der Waals surface area contributed by atoms with E-state index in [2.05, 4.69) is 0 Å². The first-order valence-corrected chi connectivity index (χ1v) is 3.69. The molecule has 1 heterocycles. The first kappa shape index (κ1) is 8.93. The predicted octanol–water partition coefficient (Wildman–Crippen LogP) is -0.510. The van der Waals surface area contributed by atoms with Gasteiger partial charge >= 0.3 is 0 Å². The van der Waals surface area contributed by atoms with E-state index in [4.69, 9.17) is 9.47 Å². The summed E-state index contributed by atoms with van der Waals surface area (Å²) >= 11 is 0. The monoisotopic (exact) mass is 162 g/mol. The van der Waals surface area contributed by atoms with E-state index < -0.39 is 18.5 Å². The third-order valence-corrected chi connectivity index (χ3v) is 1.85. The number of aliphatic hydroxyl groups excluding tert-OH is 2. The highest BCUT2D eigenvalue weighted by molar-refractivity contribution is 4.78. The number of aliphatic hydroxyl groups is 2. The molecular formula is C7H14O4. The van der Waals surface area contributed by atoms with Crippen molar-refractivity contribution in [2.45, 2.75) is 37.9 Å². The Bertz CT molecular complexity index is 128. The molecule has 2 N–H and O–H groups in total. The van der Waals surface area contributed by atoms with Crippen molar-refractivity contribution < 1.29 is 19.7 Å². The van der Waals surface area contributed by atoms with E-state index in [0.717, 1.165) is 0 Å². The summed E-state index contributed by atoms with van der Waals surface area (Å²) in [6.45, 7) is 1.83. The first-order chi connectivity index (χ1) is 5.15. The number of methoxy groups -OCH3 is 1. The number of rotatable bonds is 1. The van der Waals surface area contributed by atoms with Gasteiger partial charge in [-0.3, -0.25) is 0 Å². The Morgan fingerprint density at radius 3 is 2.64 bits per heavy atom. The standard InChI is InChI=1S/C7H14O4/c1-4-3-5(8)6(9)7(10-2)11-4/h4-9H,3H2,1-2H3/t4-,5-,6-,7+/m0/s1. The van der Waals surface area contributed by atoms with Crippen LogP contribution in [0.5, 0.6) is 0 Å². The lowest BCUT2D eigenvalue weighted by Gasteiger charge is -2.34. The summed E-state index contributed by atoms with van der Waals surface area (Å²) in [6.07, 6.45) is -1.94. The van der Waals surface area contributed by atoms with Gasteiger partial charge in [-0.1, -0.05) is 0 Å². The molecule has 0 amide bonds. The number of ether oxygens (including phenoxy) is 2. The summed E-state index contributed by atoms with van der Waals surface area (Å²) in [5.74, 6) is 0. The normalized spacial score (nSPS) is 45.8. The van der Waals surface area contributed by atoms with Gasteiger partial charge in [-0.2, -0.15) is 0 Å². The lowest BCUT2D eigenvalue weighted by Crippen LogP contribution is -2.48. The van der Waals surface area contributed by atoms with E-state index in [1.165, 1.54) is 7.11 Å². The zero-order valence-electron chi connectivity index (χ0n) is 6.73. The van der Waals surface area contributed by atoms with Gasteiger partial charge in [0.25, 0.3) is 0 Å². The fourth-order valence-corrected chi connectivity index (χ4v) is 1.22. The smallest absolute Gasteiger partial charge is 0.185 e. The predicted molar refractivity (Wildman–Crippen MR) is 38.0 cm³/mol. The molecule has 1 fully saturated rings. The summed E-state index contributed by atoms with van der Waals surface area (Å²) in [5, 5.41) is 18.5. The van der Waals surface area contributed by atoms with E-state index in [0.29, 0.717) is 6.42 Å². The van der Waals surface area contributed by atoms with Crippen LogP contribution in [0.4, 0.5) is 0 Å². The third kappa shape index (κ3) is 1.90. The van der Waals surface area contributed by atoms with Crippen LogP contribution in [0.3, 0.4) is 0 Å². The molecular weight excluding hydrogens is 148 g/mol. The highest BCUT2D eigenvalue weighted by atomic mass is 16.7. The average Bonchev–Trinajstić information content (AvgIpc) is 1.96. The van der Waals surface area contributed by atoms with Gasteiger partial charge in [0, 0.05) is 13.5 Å². The Morgan fingerprint density at radius 2 is 2.09 bits per heavy atom. The van der Waals surface area contributed by atoms with Crippen LogP contribution in [-0.2, 0) is 9.47 Å². The highest BCUT2D eigenvalue weighted by Gasteiger charge is 2.34. The van der Waals surface area contributed by atoms with E-state index in [9.17, 15) is 10.2 Å². The van der Waals surface area contributed by atoms with Crippen molar-refractivity contribution in [2.24, 2.45) is 0 Å². The fourth-order valence-electron chi connectivity index (χ4n) is 1.22. The van der Waals surface area contributed by atoms with E-state index in [1.54, 1.807) is 0 Å². The quantitative estimate of drug-likeness (QED) is 0.545. The minimum absolute atomic E-state index is 0.0571. The van der Waals surface area contributed by atoms with Crippen molar-refractivity contribution in [3.8, 4) is 0 Å². The molecule has 0 aromatic rings. The Balaban J connectivity index is 2.51. The number of hydrogen-bond acceptors (Lipinski definition) is 4. The zero-order valence-corrected chi connectivity index (χ0v) is 6.73. The molecule has 11 heavy (non-hydrogen) atoms. The Hall–Kier alpha value is -0.160. The second-order valence-corrected chi connectivity index (χ2v) is 2.84. The van der Waals surface area contributed by atoms with Crippen molar-refractivity contribution in [3.63, 3.8) is 0 Å². The van der Waals surface area contributed by atoms with Crippen LogP contribution >= 0.6 is 0 Å². The molecule has 4 nitrogen and oxygen atoms in total. The van der Waals surface area contributed by atoms with Gasteiger partial charge in [0.2, 0.25) is 0 Å². The third-order valence-electron chi connectivity index (χ3n) is 1.85. The van der Waals surface area contributed by atoms with Crippen LogP contribution in [0.1, 0.15) is 13.3 Å². The lowest BCUT2D eigenvalue weighted by atomic mass is 10.0. The summed E-state index contributed by atoms with van der Waals surface area (Å²) in [5.41, 5.74) is 0. The summed E-state index contributed by atoms with van der Waals surface area (Å²) in [6, 6.07) is 0. The molecule has 4 atom stereocenters. The fraction of sp³-hybridized carbons (Fsp3) is 1.00. The van der Waals surface area contributed by atoms with Crippen LogP contribution < -0.4 is 0 Å². The van der Waals surface area contributed by atoms with Crippen LogP contribution in [0.15, 0.2) is 0 Å². The van der Waals surface area contributed by atoms with E-state index in [1.807, 2.05) is 6.92 Å². The van der Waals surface area contributed by atoms with Gasteiger partial charge in [0.05, 0.1) is 12.2 Å². The summed E-state index contributed by atoms with van der Waals surface area (Å²) < 4.78 is 10.00. The van der Waals surface area contributed by atoms with Crippen molar-refractivity contribution in [2.75, 3.05) is 7.11 Å². The molecule has 0 unspecified atom stereocenters. The molecule has 1 rings (SSSR count). The lowest BCUT2D eigenvalue weighted by molar-refractivity contribution is -0.254. The van der Waals surface area contributed by atoms with Crippen LogP contribution in [0, 0.1) is 0 Å². The average molecular weight is 162 g/mol. The molecule has 0 aromatic heterocycles. The number of hydrogen-bond donors (Lipinski definition) is 2. The van der Waals surface area contributed by atoms with Gasteiger partial charge < -0.3 is 19.7 Å². The molecule has 0 aliphatic carbocycles. The molecule has 66 valence electrons. The Kier molecular flexibility index (Phi) is 2.84. The molecule has 1 aliphatic heterocycles. The minimum atomic E-state index is -0.920. The van der Waals surface area contributed by atoms with Crippen LogP contribution in [-0.4, -0.2) is 41.9 Å². The molecule has 1 saturated heterocycles. The molecule has 4 heteroatoms. The molecule has 0 spiro atoms. The van der Waals surface area contributed by atoms with Crippen LogP contribution in [0.25, 0.3) is 0 Å². The first-order valence-electron chi connectivity index (χ1n) is 3.69. The maximum Gasteiger partial charge on any atom is 0.185 e. The van der Waals surface area contributed by atoms with E-state index in [-0.39, 0.29) is 6.10 Å². The highest BCUT2D eigenvalue weighted by Crippen LogP contribution is 2.19. The summed E-state index contributed by atoms with van der Waals surface area (Å²) in [7, 11) is 1.44. The minimum Gasteiger partial charge on any atom is -0.390 e. The van der Waals surface area contributed by atoms with Gasteiger partial charge in [-0.25, -0.2) is 0 Å². The van der Waals surface area contributed by atoms with Gasteiger partial charge in [0.1, 0.15) is 6.10 Å². The largest absolute Gasteiger partial charge is 0.390 e. The zero-order chi connectivity index (χ0) is 8.43. The van der Waals surface area contributed by atoms with Crippen molar-refractivity contribution in [3.05, 3.63) is 0 Å². The van der Waals surface area contributed by atoms with Crippen molar-refractivity contribution in [1.82, 2.24) is 0 Å². The van der Waals surface area contributed by atoms with Crippen LogP contribution in [0.2, 0.25) is 0 Å². The molecule has 1 aliphatic rings. The van der Waals surface area contributed by atoms with Crippen molar-refractivity contribution in [1.29, 1.82) is 0 Å². The second kappa shape index (κ2) is 3.49. The Morgan fingerprint density at radius 1 is 1.45 bits per heavy atom. The van der Waals surface area contributed by atoms with Gasteiger partial charge in [0.15, 0.2) is 6.29 Å². The Labute approximate surface area is 65.7 Å². The van der Waals surface area contributed by atoms with Gasteiger partial charge in [-0.05, 0) is 6.92 Å². The summed E-state index contributed by atoms with van der Waals surface area (Å²) in [4.78, 5) is 0. The SMILES string of the molecule is CO[C@@H]1O[C@@H](C)C[C@H](O)[C@@H]1O. The molecule has 0 saturated carbocycles. The van der Waals surface area contributed by atoms with E-state index >= 15 is 0 Å². The maximum atomic E-state index is 9.26. The maximum absolute atomic E-state index is 9.26. The topological polar surface area (TPSA) is 58.9 Å². The molecule has 0 radical (unpaired) electrons. The second-order valence-electron chi connectivity index (χ2n) is 2.84. The molecule has 0 aromatic carbocycles. The molecule has 0 bridgehead atoms. The van der Waals surface area contributed by atoms with Gasteiger partial charge in [-0.15, -0.1) is 0 Å².